The molecule has 0 atom stereocenters. The van der Waals surface area contributed by atoms with Crippen molar-refractivity contribution in [2.45, 2.75) is 12.8 Å². The van der Waals surface area contributed by atoms with Crippen LogP contribution in [-0.2, 0) is 11.2 Å². The highest BCUT2D eigenvalue weighted by atomic mass is 35.5. The van der Waals surface area contributed by atoms with Gasteiger partial charge in [-0.1, -0.05) is 12.1 Å². The van der Waals surface area contributed by atoms with Gasteiger partial charge in [0, 0.05) is 13.1 Å². The van der Waals surface area contributed by atoms with Crippen LogP contribution in [0.2, 0.25) is 0 Å². The van der Waals surface area contributed by atoms with Crippen molar-refractivity contribution >= 4 is 18.4 Å². The van der Waals surface area contributed by atoms with Crippen LogP contribution in [0.1, 0.15) is 12.0 Å². The molecule has 1 N–H and O–H groups in total. The Morgan fingerprint density at radius 2 is 1.89 bits per heavy atom. The summed E-state index contributed by atoms with van der Waals surface area (Å²) in [4.78, 5) is 12.4. The average Bonchev–Trinajstić information content (AvgIpc) is 2.34. The number of nitrogens with zero attached hydrogens (tertiary/aromatic N) is 1. The Balaban J connectivity index is 0.00000289. The standard InChI is InChI=1S/C13H19NO3.ClH/c1-14(10-8-13(15)16)9-7-11-3-5-12(17-2)6-4-11;/h3-6H,7-10H2,1-2H3,(H,15,16);1H. The molecule has 1 aromatic carbocycles. The van der Waals surface area contributed by atoms with Crippen molar-refractivity contribution < 1.29 is 14.6 Å². The van der Waals surface area contributed by atoms with E-state index in [1.807, 2.05) is 36.2 Å². The Labute approximate surface area is 114 Å². The van der Waals surface area contributed by atoms with Gasteiger partial charge in [-0.3, -0.25) is 4.79 Å². The molecule has 0 aliphatic rings. The maximum Gasteiger partial charge on any atom is 0.304 e. The molecule has 0 saturated heterocycles. The zero-order valence-corrected chi connectivity index (χ0v) is 11.6. The average molecular weight is 274 g/mol. The second kappa shape index (κ2) is 8.78. The first kappa shape index (κ1) is 16.7. The molecule has 0 fully saturated rings. The lowest BCUT2D eigenvalue weighted by atomic mass is 10.1. The topological polar surface area (TPSA) is 49.8 Å². The van der Waals surface area contributed by atoms with E-state index < -0.39 is 5.97 Å². The van der Waals surface area contributed by atoms with E-state index in [-0.39, 0.29) is 18.8 Å². The molecule has 0 amide bonds. The van der Waals surface area contributed by atoms with Crippen molar-refractivity contribution in [2.75, 3.05) is 27.2 Å². The van der Waals surface area contributed by atoms with Crippen molar-refractivity contribution in [2.24, 2.45) is 0 Å². The highest BCUT2D eigenvalue weighted by molar-refractivity contribution is 5.85. The number of carboxylic acid groups (broad SMARTS) is 1. The molecular weight excluding hydrogens is 254 g/mol. The lowest BCUT2D eigenvalue weighted by molar-refractivity contribution is -0.137. The largest absolute Gasteiger partial charge is 0.497 e. The molecule has 0 aliphatic heterocycles. The Morgan fingerprint density at radius 3 is 2.39 bits per heavy atom. The van der Waals surface area contributed by atoms with Gasteiger partial charge in [-0.15, -0.1) is 12.4 Å². The van der Waals surface area contributed by atoms with Gasteiger partial charge in [-0.05, 0) is 31.2 Å². The fourth-order valence-electron chi connectivity index (χ4n) is 1.51. The van der Waals surface area contributed by atoms with Gasteiger partial charge >= 0.3 is 5.97 Å². The fourth-order valence-corrected chi connectivity index (χ4v) is 1.51. The van der Waals surface area contributed by atoms with E-state index in [1.165, 1.54) is 5.56 Å². The predicted octanol–water partition coefficient (Wildman–Crippen LogP) is 2.07. The Hall–Kier alpha value is -1.26. The molecular formula is C13H20ClNO3. The van der Waals surface area contributed by atoms with Crippen LogP contribution in [0.25, 0.3) is 0 Å². The second-order valence-corrected chi connectivity index (χ2v) is 4.05. The van der Waals surface area contributed by atoms with Crippen LogP contribution in [0, 0.1) is 0 Å². The highest BCUT2D eigenvalue weighted by Crippen LogP contribution is 2.11. The van der Waals surface area contributed by atoms with E-state index in [2.05, 4.69) is 0 Å². The first-order valence-corrected chi connectivity index (χ1v) is 5.65. The van der Waals surface area contributed by atoms with Crippen LogP contribution in [0.3, 0.4) is 0 Å². The summed E-state index contributed by atoms with van der Waals surface area (Å²) in [7, 11) is 3.58. The lowest BCUT2D eigenvalue weighted by Gasteiger charge is -2.15. The van der Waals surface area contributed by atoms with Gasteiger partial charge in [0.15, 0.2) is 0 Å². The van der Waals surface area contributed by atoms with Gasteiger partial charge in [0.2, 0.25) is 0 Å². The Bertz CT molecular complexity index is 354. The predicted molar refractivity (Wildman–Crippen MR) is 73.7 cm³/mol. The third kappa shape index (κ3) is 6.47. The van der Waals surface area contributed by atoms with Crippen LogP contribution < -0.4 is 4.74 Å². The molecule has 0 spiro atoms. The normalized spacial score (nSPS) is 9.94. The first-order valence-electron chi connectivity index (χ1n) is 5.65. The van der Waals surface area contributed by atoms with Gasteiger partial charge in [0.25, 0.3) is 0 Å². The molecule has 102 valence electrons. The molecule has 1 rings (SSSR count). The maximum atomic E-state index is 10.4. The summed E-state index contributed by atoms with van der Waals surface area (Å²) in [5.74, 6) is 0.106. The number of rotatable bonds is 7. The zero-order valence-electron chi connectivity index (χ0n) is 10.8. The molecule has 5 heteroatoms. The summed E-state index contributed by atoms with van der Waals surface area (Å²) >= 11 is 0. The number of halogens is 1. The highest BCUT2D eigenvalue weighted by Gasteiger charge is 2.03. The monoisotopic (exact) mass is 273 g/mol. The van der Waals surface area contributed by atoms with Crippen LogP contribution in [0.4, 0.5) is 0 Å². The number of methoxy groups -OCH3 is 1. The molecule has 0 saturated carbocycles. The smallest absolute Gasteiger partial charge is 0.304 e. The SMILES string of the molecule is COc1ccc(CCN(C)CCC(=O)O)cc1.Cl. The van der Waals surface area contributed by atoms with Crippen molar-refractivity contribution in [3.05, 3.63) is 29.8 Å². The summed E-state index contributed by atoms with van der Waals surface area (Å²) in [6, 6.07) is 7.94. The van der Waals surface area contributed by atoms with E-state index in [4.69, 9.17) is 9.84 Å². The number of aliphatic carboxylic acids is 1. The minimum absolute atomic E-state index is 0. The van der Waals surface area contributed by atoms with Crippen molar-refractivity contribution in [1.82, 2.24) is 4.90 Å². The second-order valence-electron chi connectivity index (χ2n) is 4.05. The number of benzene rings is 1. The van der Waals surface area contributed by atoms with Gasteiger partial charge < -0.3 is 14.7 Å². The van der Waals surface area contributed by atoms with Crippen molar-refractivity contribution in [1.29, 1.82) is 0 Å². The van der Waals surface area contributed by atoms with Gasteiger partial charge in [-0.25, -0.2) is 0 Å². The zero-order chi connectivity index (χ0) is 12.7. The molecule has 0 radical (unpaired) electrons. The number of carboxylic acids is 1. The summed E-state index contributed by atoms with van der Waals surface area (Å²) in [6.07, 6.45) is 1.11. The summed E-state index contributed by atoms with van der Waals surface area (Å²) in [6.45, 7) is 1.45. The summed E-state index contributed by atoms with van der Waals surface area (Å²) in [5, 5.41) is 8.56. The quantitative estimate of drug-likeness (QED) is 0.826. The molecule has 18 heavy (non-hydrogen) atoms. The van der Waals surface area contributed by atoms with Gasteiger partial charge in [0.05, 0.1) is 13.5 Å². The Morgan fingerprint density at radius 1 is 1.28 bits per heavy atom. The van der Waals surface area contributed by atoms with E-state index in [0.717, 1.165) is 18.7 Å². The third-order valence-electron chi connectivity index (χ3n) is 2.65. The molecule has 0 heterocycles. The van der Waals surface area contributed by atoms with Crippen LogP contribution in [0.15, 0.2) is 24.3 Å². The van der Waals surface area contributed by atoms with Crippen LogP contribution in [0.5, 0.6) is 5.75 Å². The van der Waals surface area contributed by atoms with Crippen LogP contribution >= 0.6 is 12.4 Å². The van der Waals surface area contributed by atoms with Gasteiger partial charge in [-0.2, -0.15) is 0 Å². The molecule has 0 bridgehead atoms. The fraction of sp³-hybridized carbons (Fsp3) is 0.462. The lowest BCUT2D eigenvalue weighted by Crippen LogP contribution is -2.24. The minimum Gasteiger partial charge on any atom is -0.497 e. The van der Waals surface area contributed by atoms with Crippen molar-refractivity contribution in [3.8, 4) is 5.75 Å². The minimum atomic E-state index is -0.749. The van der Waals surface area contributed by atoms with E-state index in [9.17, 15) is 4.79 Å². The molecule has 1 aromatic rings. The summed E-state index contributed by atoms with van der Waals surface area (Å²) in [5.41, 5.74) is 1.23. The van der Waals surface area contributed by atoms with Crippen LogP contribution in [-0.4, -0.2) is 43.2 Å². The van der Waals surface area contributed by atoms with E-state index in [0.29, 0.717) is 6.54 Å². The van der Waals surface area contributed by atoms with Crippen molar-refractivity contribution in [3.63, 3.8) is 0 Å². The Kier molecular flexibility index (Phi) is 8.16. The molecule has 0 unspecified atom stereocenters. The molecule has 0 aromatic heterocycles. The van der Waals surface area contributed by atoms with E-state index in [1.54, 1.807) is 7.11 Å². The number of likely N-dealkylation sites (N-methyl/N-ethyl adjacent to an activating group) is 1. The number of hydrogen-bond acceptors (Lipinski definition) is 3. The third-order valence-corrected chi connectivity index (χ3v) is 2.65. The van der Waals surface area contributed by atoms with Gasteiger partial charge in [0.1, 0.15) is 5.75 Å². The number of carbonyl (C=O) groups is 1. The maximum absolute atomic E-state index is 10.4. The molecule has 4 nitrogen and oxygen atoms in total. The summed E-state index contributed by atoms with van der Waals surface area (Å²) < 4.78 is 5.08. The molecule has 0 aliphatic carbocycles. The first-order chi connectivity index (χ1) is 8.11. The number of hydrogen-bond donors (Lipinski definition) is 1. The van der Waals surface area contributed by atoms with E-state index >= 15 is 0 Å². The number of ether oxygens (including phenoxy) is 1.